The molecule has 37 heavy (non-hydrogen) atoms. The van der Waals surface area contributed by atoms with Gasteiger partial charge in [-0.2, -0.15) is 0 Å². The van der Waals surface area contributed by atoms with E-state index in [1.807, 2.05) is 32.0 Å². The van der Waals surface area contributed by atoms with Gasteiger partial charge in [-0.25, -0.2) is 4.98 Å². The summed E-state index contributed by atoms with van der Waals surface area (Å²) in [5.41, 5.74) is 3.69. The monoisotopic (exact) mass is 516 g/mol. The Balaban J connectivity index is 1.42. The standard InChI is InChI=1S/C27H24N4O5S/c1-14-5-7-18(15(2)9-14)29-25(34)24-16(3)23-26(37-24)28-13-31(27(23)35)11-20(32)17-6-8-21-19(10-17)30(4)22(33)12-36-21/h5-10,13H,11-12H2,1-4H3,(H,29,34). The molecule has 1 aliphatic rings. The SMILES string of the molecule is Cc1ccc(NC(=O)c2sc3ncn(CC(=O)c4ccc5c(c4)N(C)C(=O)CO5)c(=O)c3c2C)c(C)c1. The van der Waals surface area contributed by atoms with Crippen molar-refractivity contribution in [1.82, 2.24) is 9.55 Å². The number of fused-ring (bicyclic) bond motifs is 2. The lowest BCUT2D eigenvalue weighted by Crippen LogP contribution is -2.35. The van der Waals surface area contributed by atoms with Crippen LogP contribution in [-0.2, 0) is 11.3 Å². The molecule has 0 bridgehead atoms. The van der Waals surface area contributed by atoms with Crippen LogP contribution in [0.15, 0.2) is 47.5 Å². The maximum Gasteiger partial charge on any atom is 0.266 e. The number of nitrogens with one attached hydrogen (secondary N) is 1. The third kappa shape index (κ3) is 4.40. The summed E-state index contributed by atoms with van der Waals surface area (Å²) >= 11 is 1.14. The second kappa shape index (κ2) is 9.29. The molecule has 2 aromatic carbocycles. The first kappa shape index (κ1) is 24.4. The number of thiophene rings is 1. The fraction of sp³-hybridized carbons (Fsp3) is 0.222. The van der Waals surface area contributed by atoms with Gasteiger partial charge >= 0.3 is 0 Å². The van der Waals surface area contributed by atoms with E-state index >= 15 is 0 Å². The predicted octanol–water partition coefficient (Wildman–Crippen LogP) is 3.87. The van der Waals surface area contributed by atoms with Gasteiger partial charge in [-0.05, 0) is 56.2 Å². The van der Waals surface area contributed by atoms with Gasteiger partial charge in [0.25, 0.3) is 17.4 Å². The number of Topliss-reactive ketones (excluding diaryl/α,β-unsaturated/α-hetero) is 1. The number of likely N-dealkylation sites (N-methyl/N-ethyl adjacent to an activating group) is 1. The molecule has 0 radical (unpaired) electrons. The Labute approximate surface area is 216 Å². The van der Waals surface area contributed by atoms with Crippen molar-refractivity contribution in [3.63, 3.8) is 0 Å². The second-order valence-corrected chi connectivity index (χ2v) is 10.0. The first-order valence-electron chi connectivity index (χ1n) is 11.6. The minimum absolute atomic E-state index is 0.0531. The highest BCUT2D eigenvalue weighted by Crippen LogP contribution is 2.32. The molecule has 0 atom stereocenters. The zero-order valence-electron chi connectivity index (χ0n) is 20.7. The molecule has 3 heterocycles. The van der Waals surface area contributed by atoms with Crippen LogP contribution in [0.1, 0.15) is 36.7 Å². The highest BCUT2D eigenvalue weighted by atomic mass is 32.1. The number of hydrogen-bond acceptors (Lipinski definition) is 7. The lowest BCUT2D eigenvalue weighted by Gasteiger charge is -2.26. The van der Waals surface area contributed by atoms with Crippen LogP contribution < -0.4 is 20.5 Å². The molecule has 5 rings (SSSR count). The summed E-state index contributed by atoms with van der Waals surface area (Å²) < 4.78 is 6.65. The summed E-state index contributed by atoms with van der Waals surface area (Å²) in [6.45, 7) is 5.32. The summed E-state index contributed by atoms with van der Waals surface area (Å²) in [4.78, 5) is 58.0. The zero-order chi connectivity index (χ0) is 26.4. The molecule has 0 unspecified atom stereocenters. The normalized spacial score (nSPS) is 12.9. The lowest BCUT2D eigenvalue weighted by molar-refractivity contribution is -0.121. The molecule has 0 saturated heterocycles. The smallest absolute Gasteiger partial charge is 0.266 e. The lowest BCUT2D eigenvalue weighted by atomic mass is 10.1. The summed E-state index contributed by atoms with van der Waals surface area (Å²) in [7, 11) is 1.62. The number of ketones is 1. The van der Waals surface area contributed by atoms with Gasteiger partial charge in [0.2, 0.25) is 0 Å². The number of aryl methyl sites for hydroxylation is 3. The van der Waals surface area contributed by atoms with Gasteiger partial charge < -0.3 is 15.0 Å². The van der Waals surface area contributed by atoms with Crippen LogP contribution in [0.4, 0.5) is 11.4 Å². The molecule has 10 heteroatoms. The number of carbonyl (C=O) groups excluding carboxylic acids is 3. The molecule has 1 N–H and O–H groups in total. The van der Waals surface area contributed by atoms with Gasteiger partial charge in [0, 0.05) is 18.3 Å². The number of hydrogen-bond donors (Lipinski definition) is 1. The van der Waals surface area contributed by atoms with E-state index < -0.39 is 5.56 Å². The van der Waals surface area contributed by atoms with E-state index in [0.29, 0.717) is 43.3 Å². The average molecular weight is 517 g/mol. The molecule has 0 aliphatic carbocycles. The molecule has 1 aliphatic heterocycles. The average Bonchev–Trinajstić information content (AvgIpc) is 3.21. The maximum absolute atomic E-state index is 13.3. The minimum Gasteiger partial charge on any atom is -0.482 e. The summed E-state index contributed by atoms with van der Waals surface area (Å²) in [6.07, 6.45) is 1.32. The topological polar surface area (TPSA) is 111 Å². The first-order chi connectivity index (χ1) is 17.6. The minimum atomic E-state index is -0.397. The van der Waals surface area contributed by atoms with Crippen LogP contribution in [0.2, 0.25) is 0 Å². The summed E-state index contributed by atoms with van der Waals surface area (Å²) in [5, 5.41) is 3.23. The van der Waals surface area contributed by atoms with E-state index in [9.17, 15) is 19.2 Å². The van der Waals surface area contributed by atoms with E-state index in [4.69, 9.17) is 4.74 Å². The van der Waals surface area contributed by atoms with Crippen LogP contribution in [0.3, 0.4) is 0 Å². The van der Waals surface area contributed by atoms with Gasteiger partial charge in [0.1, 0.15) is 10.6 Å². The van der Waals surface area contributed by atoms with Crippen molar-refractivity contribution < 1.29 is 19.1 Å². The van der Waals surface area contributed by atoms with Crippen LogP contribution in [0.5, 0.6) is 5.75 Å². The van der Waals surface area contributed by atoms with Crippen LogP contribution in [-0.4, -0.2) is 40.8 Å². The van der Waals surface area contributed by atoms with Crippen molar-refractivity contribution in [2.45, 2.75) is 27.3 Å². The fourth-order valence-electron chi connectivity index (χ4n) is 4.31. The van der Waals surface area contributed by atoms with E-state index in [1.54, 1.807) is 32.2 Å². The van der Waals surface area contributed by atoms with Gasteiger partial charge in [0.05, 0.1) is 28.8 Å². The van der Waals surface area contributed by atoms with Crippen molar-refractivity contribution >= 4 is 50.5 Å². The number of amides is 2. The molecule has 0 saturated carbocycles. The highest BCUT2D eigenvalue weighted by molar-refractivity contribution is 7.20. The van der Waals surface area contributed by atoms with Gasteiger partial charge in [-0.3, -0.25) is 23.7 Å². The third-order valence-corrected chi connectivity index (χ3v) is 7.63. The number of carbonyl (C=O) groups is 3. The maximum atomic E-state index is 13.3. The molecular weight excluding hydrogens is 492 g/mol. The zero-order valence-corrected chi connectivity index (χ0v) is 21.6. The van der Waals surface area contributed by atoms with Crippen molar-refractivity contribution in [3.8, 4) is 5.75 Å². The van der Waals surface area contributed by atoms with E-state index in [2.05, 4.69) is 10.3 Å². The summed E-state index contributed by atoms with van der Waals surface area (Å²) in [5.74, 6) is -0.338. The molecule has 2 aromatic heterocycles. The molecule has 2 amide bonds. The molecule has 188 valence electrons. The molecule has 9 nitrogen and oxygen atoms in total. The number of ether oxygens (including phenoxy) is 1. The first-order valence-corrected chi connectivity index (χ1v) is 12.4. The van der Waals surface area contributed by atoms with Crippen LogP contribution in [0.25, 0.3) is 10.2 Å². The van der Waals surface area contributed by atoms with Gasteiger partial charge in [-0.15, -0.1) is 11.3 Å². The largest absolute Gasteiger partial charge is 0.482 e. The second-order valence-electron chi connectivity index (χ2n) is 9.03. The van der Waals surface area contributed by atoms with Crippen molar-refractivity contribution in [2.75, 3.05) is 23.9 Å². The Bertz CT molecular complexity index is 1670. The Morgan fingerprint density at radius 3 is 2.65 bits per heavy atom. The quantitative estimate of drug-likeness (QED) is 0.403. The molecule has 4 aromatic rings. The molecule has 0 fully saturated rings. The van der Waals surface area contributed by atoms with Crippen LogP contribution in [0, 0.1) is 20.8 Å². The van der Waals surface area contributed by atoms with E-state index in [0.717, 1.165) is 22.5 Å². The Morgan fingerprint density at radius 1 is 1.11 bits per heavy atom. The molecule has 0 spiro atoms. The Kier molecular flexibility index (Phi) is 6.12. The predicted molar refractivity (Wildman–Crippen MR) is 142 cm³/mol. The Hall–Kier alpha value is -4.31. The number of aromatic nitrogens is 2. The van der Waals surface area contributed by atoms with E-state index in [-0.39, 0.29) is 30.7 Å². The number of anilines is 2. The Morgan fingerprint density at radius 2 is 1.89 bits per heavy atom. The van der Waals surface area contributed by atoms with Crippen molar-refractivity contribution in [2.24, 2.45) is 0 Å². The van der Waals surface area contributed by atoms with Crippen molar-refractivity contribution in [1.29, 1.82) is 0 Å². The number of rotatable bonds is 5. The molecular formula is C27H24N4O5S. The van der Waals surface area contributed by atoms with Gasteiger partial charge in [-0.1, -0.05) is 17.7 Å². The van der Waals surface area contributed by atoms with Crippen molar-refractivity contribution in [3.05, 3.63) is 80.2 Å². The van der Waals surface area contributed by atoms with E-state index in [1.165, 1.54) is 15.8 Å². The third-order valence-electron chi connectivity index (χ3n) is 6.44. The highest BCUT2D eigenvalue weighted by Gasteiger charge is 2.24. The fourth-order valence-corrected chi connectivity index (χ4v) is 5.35. The summed E-state index contributed by atoms with van der Waals surface area (Å²) in [6, 6.07) is 10.6. The number of nitrogens with zero attached hydrogens (tertiary/aromatic N) is 3. The number of benzene rings is 2. The van der Waals surface area contributed by atoms with Gasteiger partial charge in [0.15, 0.2) is 12.4 Å². The van der Waals surface area contributed by atoms with Crippen LogP contribution >= 0.6 is 11.3 Å².